The molecular formula is C29H36ClN3OS. The van der Waals surface area contributed by atoms with Crippen LogP contribution in [-0.4, -0.2) is 65.9 Å². The van der Waals surface area contributed by atoms with Gasteiger partial charge in [-0.15, -0.1) is 0 Å². The number of carbonyl (C=O) groups is 1. The number of halogens is 1. The molecule has 1 unspecified atom stereocenters. The van der Waals surface area contributed by atoms with E-state index in [1.807, 2.05) is 59.5 Å². The van der Waals surface area contributed by atoms with Gasteiger partial charge in [-0.25, -0.2) is 0 Å². The number of nitrogens with zero attached hydrogens (tertiary/aromatic N) is 3. The molecule has 5 rings (SSSR count). The number of hydrogen-bond acceptors (Lipinski definition) is 4. The van der Waals surface area contributed by atoms with E-state index in [2.05, 4.69) is 15.9 Å². The molecule has 0 bridgehead atoms. The van der Waals surface area contributed by atoms with E-state index in [-0.39, 0.29) is 11.3 Å². The highest BCUT2D eigenvalue weighted by molar-refractivity contribution is 8.04. The van der Waals surface area contributed by atoms with Crippen LogP contribution in [0.2, 0.25) is 5.02 Å². The van der Waals surface area contributed by atoms with Crippen LogP contribution in [0.5, 0.6) is 0 Å². The minimum absolute atomic E-state index is 0.0269. The molecule has 0 saturated carbocycles. The maximum Gasteiger partial charge on any atom is 0.261 e. The first kappa shape index (κ1) is 24.9. The van der Waals surface area contributed by atoms with Gasteiger partial charge in [0.25, 0.3) is 5.91 Å². The van der Waals surface area contributed by atoms with E-state index >= 15 is 0 Å². The molecule has 186 valence electrons. The Morgan fingerprint density at radius 3 is 2.43 bits per heavy atom. The first-order valence-electron chi connectivity index (χ1n) is 13.1. The zero-order chi connectivity index (χ0) is 24.0. The molecule has 3 aliphatic heterocycles. The molecule has 0 aromatic heterocycles. The van der Waals surface area contributed by atoms with Crippen molar-refractivity contribution >= 4 is 35.3 Å². The molecule has 0 radical (unpaired) electrons. The second-order valence-electron chi connectivity index (χ2n) is 9.97. The highest BCUT2D eigenvalue weighted by atomic mass is 35.5. The number of likely N-dealkylation sites (tertiary alicyclic amines) is 2. The lowest BCUT2D eigenvalue weighted by Gasteiger charge is -2.40. The molecule has 3 saturated heterocycles. The number of thioether (sulfide) groups is 1. The molecule has 35 heavy (non-hydrogen) atoms. The van der Waals surface area contributed by atoms with Gasteiger partial charge in [0.05, 0.1) is 4.91 Å². The van der Waals surface area contributed by atoms with Gasteiger partial charge in [-0.05, 0) is 94.2 Å². The zero-order valence-corrected chi connectivity index (χ0v) is 22.0. The molecule has 3 heterocycles. The van der Waals surface area contributed by atoms with Gasteiger partial charge in [0, 0.05) is 17.6 Å². The molecule has 6 heteroatoms. The highest BCUT2D eigenvalue weighted by Gasteiger charge is 2.37. The topological polar surface area (TPSA) is 26.8 Å². The zero-order valence-electron chi connectivity index (χ0n) is 20.4. The Labute approximate surface area is 219 Å². The summed E-state index contributed by atoms with van der Waals surface area (Å²) in [6, 6.07) is 18.8. The van der Waals surface area contributed by atoms with Crippen molar-refractivity contribution in [2.45, 2.75) is 49.9 Å². The van der Waals surface area contributed by atoms with Crippen LogP contribution in [0.15, 0.2) is 59.5 Å². The van der Waals surface area contributed by atoms with Crippen molar-refractivity contribution in [1.29, 1.82) is 0 Å². The molecule has 3 aliphatic rings. The van der Waals surface area contributed by atoms with Gasteiger partial charge >= 0.3 is 0 Å². The predicted octanol–water partition coefficient (Wildman–Crippen LogP) is 6.30. The number of benzene rings is 2. The van der Waals surface area contributed by atoms with E-state index < -0.39 is 0 Å². The largest absolute Gasteiger partial charge is 0.322 e. The van der Waals surface area contributed by atoms with Crippen molar-refractivity contribution in [2.75, 3.05) is 39.3 Å². The average Bonchev–Trinajstić information content (AvgIpc) is 3.20. The van der Waals surface area contributed by atoms with E-state index in [0.29, 0.717) is 5.02 Å². The third kappa shape index (κ3) is 6.32. The number of hydrogen-bond donors (Lipinski definition) is 0. The van der Waals surface area contributed by atoms with Gasteiger partial charge in [-0.3, -0.25) is 4.79 Å². The normalized spacial score (nSPS) is 23.9. The van der Waals surface area contributed by atoms with Gasteiger partial charge in [-0.1, -0.05) is 72.2 Å². The third-order valence-corrected chi connectivity index (χ3v) is 9.09. The molecule has 0 aliphatic carbocycles. The van der Waals surface area contributed by atoms with Gasteiger partial charge in [-0.2, -0.15) is 0 Å². The lowest BCUT2D eigenvalue weighted by Crippen LogP contribution is -2.47. The van der Waals surface area contributed by atoms with Crippen LogP contribution in [0, 0.1) is 0 Å². The van der Waals surface area contributed by atoms with Crippen molar-refractivity contribution in [1.82, 2.24) is 14.7 Å². The quantitative estimate of drug-likeness (QED) is 0.409. The Morgan fingerprint density at radius 2 is 1.69 bits per heavy atom. The molecule has 4 nitrogen and oxygen atoms in total. The molecule has 2 aromatic carbocycles. The average molecular weight is 510 g/mol. The predicted molar refractivity (Wildman–Crippen MR) is 147 cm³/mol. The first-order valence-corrected chi connectivity index (χ1v) is 14.4. The summed E-state index contributed by atoms with van der Waals surface area (Å²) in [4.78, 5) is 21.7. The fourth-order valence-electron chi connectivity index (χ4n) is 5.66. The van der Waals surface area contributed by atoms with Crippen LogP contribution < -0.4 is 0 Å². The Bertz CT molecular complexity index is 1020. The summed E-state index contributed by atoms with van der Waals surface area (Å²) in [5.41, 5.74) is 2.15. The van der Waals surface area contributed by atoms with Crippen molar-refractivity contribution < 1.29 is 4.79 Å². The van der Waals surface area contributed by atoms with Gasteiger partial charge in [0.1, 0.15) is 5.37 Å². The van der Waals surface area contributed by atoms with Crippen molar-refractivity contribution in [3.8, 4) is 0 Å². The Hall–Kier alpha value is -1.79. The second kappa shape index (κ2) is 12.0. The van der Waals surface area contributed by atoms with Crippen LogP contribution in [0.4, 0.5) is 0 Å². The Kier molecular flexibility index (Phi) is 8.51. The Balaban J connectivity index is 1.20. The lowest BCUT2D eigenvalue weighted by molar-refractivity contribution is -0.126. The number of rotatable bonds is 7. The smallest absolute Gasteiger partial charge is 0.261 e. The third-order valence-electron chi connectivity index (χ3n) is 7.56. The van der Waals surface area contributed by atoms with E-state index in [1.165, 1.54) is 58.3 Å². The van der Waals surface area contributed by atoms with Crippen LogP contribution in [-0.2, 0) is 4.79 Å². The van der Waals surface area contributed by atoms with Gasteiger partial charge in [0.2, 0.25) is 0 Å². The lowest BCUT2D eigenvalue weighted by atomic mass is 10.00. The molecule has 1 atom stereocenters. The maximum absolute atomic E-state index is 13.5. The van der Waals surface area contributed by atoms with E-state index in [0.717, 1.165) is 41.6 Å². The van der Waals surface area contributed by atoms with Gasteiger partial charge in [0.15, 0.2) is 0 Å². The highest BCUT2D eigenvalue weighted by Crippen LogP contribution is 2.46. The van der Waals surface area contributed by atoms with E-state index in [1.54, 1.807) is 11.8 Å². The van der Waals surface area contributed by atoms with E-state index in [4.69, 9.17) is 11.6 Å². The van der Waals surface area contributed by atoms with E-state index in [9.17, 15) is 4.79 Å². The Morgan fingerprint density at radius 1 is 0.914 bits per heavy atom. The number of amides is 1. The van der Waals surface area contributed by atoms with Gasteiger partial charge < -0.3 is 14.7 Å². The van der Waals surface area contributed by atoms with Crippen LogP contribution >= 0.6 is 23.4 Å². The molecule has 2 aromatic rings. The summed E-state index contributed by atoms with van der Waals surface area (Å²) in [5, 5.41) is 0.688. The fraction of sp³-hybridized carbons (Fsp3) is 0.483. The molecule has 3 fully saturated rings. The van der Waals surface area contributed by atoms with Crippen molar-refractivity contribution in [2.24, 2.45) is 0 Å². The second-order valence-corrected chi connectivity index (χ2v) is 11.5. The van der Waals surface area contributed by atoms with Crippen LogP contribution in [0.25, 0.3) is 6.08 Å². The summed E-state index contributed by atoms with van der Waals surface area (Å²) < 4.78 is 0. The first-order chi connectivity index (χ1) is 17.2. The molecular weight excluding hydrogens is 474 g/mol. The maximum atomic E-state index is 13.5. The number of carbonyl (C=O) groups excluding carboxylic acids is 1. The summed E-state index contributed by atoms with van der Waals surface area (Å²) in [7, 11) is 0. The summed E-state index contributed by atoms with van der Waals surface area (Å²) in [6.45, 7) is 6.77. The summed E-state index contributed by atoms with van der Waals surface area (Å²) >= 11 is 7.96. The molecule has 0 N–H and O–H groups in total. The number of piperidine rings is 2. The molecule has 1 amide bonds. The van der Waals surface area contributed by atoms with Crippen molar-refractivity contribution in [3.63, 3.8) is 0 Å². The van der Waals surface area contributed by atoms with Crippen LogP contribution in [0.3, 0.4) is 0 Å². The van der Waals surface area contributed by atoms with Crippen molar-refractivity contribution in [3.05, 3.63) is 75.7 Å². The summed E-state index contributed by atoms with van der Waals surface area (Å²) in [6.07, 6.45) is 9.74. The summed E-state index contributed by atoms with van der Waals surface area (Å²) in [5.74, 6) is 0.132. The van der Waals surface area contributed by atoms with Crippen LogP contribution in [0.1, 0.15) is 55.0 Å². The SMILES string of the molecule is O=C1C(=Cc2ccccc2)SC(c2cccc(Cl)c2)N1CCCN1CCC(N2CCCCC2)CC1. The standard InChI is InChI=1S/C29H36ClN3OS/c30-25-12-7-11-24(22-25)29-33(28(34)27(35-29)21-23-9-3-1-4-10-23)18-8-15-31-19-13-26(14-20-31)32-16-5-2-6-17-32/h1,3-4,7,9-12,21-22,26,29H,2,5-6,8,13-20H2. The minimum atomic E-state index is -0.0269. The minimum Gasteiger partial charge on any atom is -0.322 e. The fourth-order valence-corrected chi connectivity index (χ4v) is 7.13. The monoisotopic (exact) mass is 509 g/mol. The molecule has 0 spiro atoms.